The molecule has 1 unspecified atom stereocenters. The molecule has 2 N–H and O–H groups in total. The molecule has 3 aliphatic heterocycles. The maximum absolute atomic E-state index is 14.6. The Hall–Kier alpha value is -3.96. The Morgan fingerprint density at radius 3 is 2.89 bits per heavy atom. The van der Waals surface area contributed by atoms with Crippen LogP contribution in [0.4, 0.5) is 20.6 Å². The number of halogens is 1. The zero-order valence-corrected chi connectivity index (χ0v) is 20.2. The van der Waals surface area contributed by atoms with Crippen molar-refractivity contribution < 1.29 is 28.2 Å². The number of likely N-dealkylation sites (tertiary alicyclic amines) is 1. The summed E-state index contributed by atoms with van der Waals surface area (Å²) in [5.74, 6) is 0.651. The first kappa shape index (κ1) is 23.4. The highest BCUT2D eigenvalue weighted by atomic mass is 19.1. The van der Waals surface area contributed by atoms with Crippen molar-refractivity contribution in [2.45, 2.75) is 18.7 Å². The van der Waals surface area contributed by atoms with E-state index in [1.807, 2.05) is 12.1 Å². The number of hydrogen-bond donors (Lipinski definition) is 2. The fraction of sp³-hybridized carbons (Fsp3) is 0.346. The summed E-state index contributed by atoms with van der Waals surface area (Å²) in [4.78, 5) is 32.1. The van der Waals surface area contributed by atoms with Crippen molar-refractivity contribution in [3.05, 3.63) is 54.0 Å². The average molecular weight is 508 g/mol. The molecule has 0 saturated carbocycles. The molecule has 3 aliphatic rings. The summed E-state index contributed by atoms with van der Waals surface area (Å²) >= 11 is 0. The van der Waals surface area contributed by atoms with Gasteiger partial charge in [-0.15, -0.1) is 0 Å². The number of methoxy groups -OCH3 is 1. The summed E-state index contributed by atoms with van der Waals surface area (Å²) in [6.07, 6.45) is 0.561. The van der Waals surface area contributed by atoms with E-state index < -0.39 is 6.09 Å². The smallest absolute Gasteiger partial charge is 0.414 e. The third-order valence-electron chi connectivity index (χ3n) is 6.90. The van der Waals surface area contributed by atoms with E-state index in [9.17, 15) is 14.0 Å². The molecule has 2 fully saturated rings. The van der Waals surface area contributed by atoms with Crippen LogP contribution in [0.2, 0.25) is 0 Å². The van der Waals surface area contributed by atoms with Crippen molar-refractivity contribution >= 4 is 34.3 Å². The van der Waals surface area contributed by atoms with Gasteiger partial charge in [0.1, 0.15) is 23.4 Å². The molecule has 0 bridgehead atoms. The van der Waals surface area contributed by atoms with Gasteiger partial charge in [-0.2, -0.15) is 0 Å². The van der Waals surface area contributed by atoms with E-state index >= 15 is 0 Å². The fourth-order valence-corrected chi connectivity index (χ4v) is 4.96. The lowest BCUT2D eigenvalue weighted by Gasteiger charge is -2.40. The Balaban J connectivity index is 1.02. The predicted octanol–water partition coefficient (Wildman–Crippen LogP) is 2.51. The van der Waals surface area contributed by atoms with Crippen LogP contribution in [0.3, 0.4) is 0 Å². The minimum absolute atomic E-state index is 0.0191. The van der Waals surface area contributed by atoms with Crippen molar-refractivity contribution in [3.8, 4) is 11.5 Å². The van der Waals surface area contributed by atoms with E-state index in [1.54, 1.807) is 36.3 Å². The minimum atomic E-state index is -0.418. The first-order chi connectivity index (χ1) is 18.0. The maximum atomic E-state index is 14.6. The second-order valence-corrected chi connectivity index (χ2v) is 9.40. The van der Waals surface area contributed by atoms with Crippen LogP contribution in [0.25, 0.3) is 10.9 Å². The first-order valence-electron chi connectivity index (χ1n) is 12.1. The predicted molar refractivity (Wildman–Crippen MR) is 134 cm³/mol. The number of anilines is 2. The number of nitrogens with zero attached hydrogens (tertiary/aromatic N) is 3. The van der Waals surface area contributed by atoms with Crippen LogP contribution in [0.1, 0.15) is 5.56 Å². The monoisotopic (exact) mass is 507 g/mol. The van der Waals surface area contributed by atoms with E-state index in [-0.39, 0.29) is 30.5 Å². The van der Waals surface area contributed by atoms with Gasteiger partial charge in [-0.25, -0.2) is 9.18 Å². The van der Waals surface area contributed by atoms with Gasteiger partial charge in [-0.1, -0.05) is 0 Å². The topological polar surface area (TPSA) is 105 Å². The molecule has 11 heteroatoms. The lowest BCUT2D eigenvalue weighted by atomic mass is 10.1. The highest BCUT2D eigenvalue weighted by Crippen LogP contribution is 2.33. The van der Waals surface area contributed by atoms with Crippen LogP contribution in [-0.4, -0.2) is 73.9 Å². The van der Waals surface area contributed by atoms with Gasteiger partial charge in [0.2, 0.25) is 0 Å². The largest absolute Gasteiger partial charge is 0.497 e. The molecule has 6 rings (SSSR count). The van der Waals surface area contributed by atoms with Gasteiger partial charge in [0.15, 0.2) is 6.61 Å². The molecule has 2 aromatic carbocycles. The van der Waals surface area contributed by atoms with E-state index in [2.05, 4.69) is 20.5 Å². The number of benzene rings is 2. The number of ether oxygens (including phenoxy) is 3. The summed E-state index contributed by atoms with van der Waals surface area (Å²) < 4.78 is 30.8. The molecule has 4 heterocycles. The lowest BCUT2D eigenvalue weighted by molar-refractivity contribution is -0.118. The van der Waals surface area contributed by atoms with E-state index in [0.29, 0.717) is 48.1 Å². The molecule has 37 heavy (non-hydrogen) atoms. The van der Waals surface area contributed by atoms with Crippen LogP contribution in [0, 0.1) is 5.82 Å². The van der Waals surface area contributed by atoms with E-state index in [0.717, 1.165) is 24.0 Å². The molecular weight excluding hydrogens is 481 g/mol. The number of pyridine rings is 1. The number of carbonyl (C=O) groups excluding carboxylic acids is 2. The number of hydrogen-bond acceptors (Lipinski definition) is 8. The van der Waals surface area contributed by atoms with Crippen molar-refractivity contribution in [1.29, 1.82) is 0 Å². The van der Waals surface area contributed by atoms with Gasteiger partial charge < -0.3 is 24.8 Å². The zero-order chi connectivity index (χ0) is 25.5. The van der Waals surface area contributed by atoms with Crippen molar-refractivity contribution in [3.63, 3.8) is 0 Å². The molecule has 0 aliphatic carbocycles. The molecule has 2 saturated heterocycles. The molecule has 3 aromatic rings. The Kier molecular flexibility index (Phi) is 6.01. The SMILES string of the molecule is COc1ccc2ncc(F)c(CNC3CN(CC4CN(c5ccc6c(c5)NC(=O)CO6)C(=O)O4)C3)c2c1. The number of amides is 2. The third kappa shape index (κ3) is 4.63. The number of nitrogens with one attached hydrogen (secondary N) is 2. The minimum Gasteiger partial charge on any atom is -0.497 e. The number of fused-ring (bicyclic) bond motifs is 2. The second kappa shape index (κ2) is 9.49. The number of carbonyl (C=O) groups is 2. The second-order valence-electron chi connectivity index (χ2n) is 9.40. The Morgan fingerprint density at radius 2 is 2.05 bits per heavy atom. The van der Waals surface area contributed by atoms with E-state index in [4.69, 9.17) is 14.2 Å². The molecular formula is C26H26FN5O5. The summed E-state index contributed by atoms with van der Waals surface area (Å²) in [5.41, 5.74) is 2.46. The van der Waals surface area contributed by atoms with Gasteiger partial charge in [0.05, 0.1) is 31.1 Å². The van der Waals surface area contributed by atoms with Gasteiger partial charge in [0.25, 0.3) is 5.91 Å². The molecule has 2 amide bonds. The third-order valence-corrected chi connectivity index (χ3v) is 6.90. The van der Waals surface area contributed by atoms with Gasteiger partial charge in [0, 0.05) is 48.9 Å². The van der Waals surface area contributed by atoms with Crippen LogP contribution in [-0.2, 0) is 16.1 Å². The van der Waals surface area contributed by atoms with Crippen LogP contribution < -0.4 is 25.0 Å². The Bertz CT molecular complexity index is 1380. The summed E-state index contributed by atoms with van der Waals surface area (Å²) in [5, 5.41) is 6.91. The van der Waals surface area contributed by atoms with Gasteiger partial charge >= 0.3 is 6.09 Å². The summed E-state index contributed by atoms with van der Waals surface area (Å²) in [7, 11) is 1.58. The number of cyclic esters (lactones) is 1. The van der Waals surface area contributed by atoms with Crippen LogP contribution >= 0.6 is 0 Å². The molecule has 0 spiro atoms. The highest BCUT2D eigenvalue weighted by molar-refractivity contribution is 5.97. The molecule has 1 atom stereocenters. The Labute approximate surface area is 212 Å². The van der Waals surface area contributed by atoms with Crippen LogP contribution in [0.15, 0.2) is 42.6 Å². The van der Waals surface area contributed by atoms with E-state index in [1.165, 1.54) is 6.20 Å². The fourth-order valence-electron chi connectivity index (χ4n) is 4.96. The van der Waals surface area contributed by atoms with Crippen molar-refractivity contribution in [2.24, 2.45) is 0 Å². The molecule has 0 radical (unpaired) electrons. The average Bonchev–Trinajstić information content (AvgIpc) is 3.25. The maximum Gasteiger partial charge on any atom is 0.414 e. The van der Waals surface area contributed by atoms with Crippen LogP contribution in [0.5, 0.6) is 11.5 Å². The molecule has 192 valence electrons. The molecule has 1 aromatic heterocycles. The molecule has 10 nitrogen and oxygen atoms in total. The quantitative estimate of drug-likeness (QED) is 0.503. The van der Waals surface area contributed by atoms with Gasteiger partial charge in [-0.3, -0.25) is 19.6 Å². The highest BCUT2D eigenvalue weighted by Gasteiger charge is 2.37. The summed E-state index contributed by atoms with van der Waals surface area (Å²) in [6.45, 7) is 2.91. The van der Waals surface area contributed by atoms with Crippen molar-refractivity contribution in [1.82, 2.24) is 15.2 Å². The lowest BCUT2D eigenvalue weighted by Crippen LogP contribution is -2.59. The number of aromatic nitrogens is 1. The standard InChI is InChI=1S/C26H26FN5O5/c1-35-17-3-4-22-19(7-17)20(21(27)9-29-22)8-28-15-10-31(11-15)12-18-13-32(26(34)37-18)16-2-5-24-23(6-16)30-25(33)14-36-24/h2-7,9,15,18,28H,8,10-14H2,1H3,(H,30,33). The number of rotatable bonds is 7. The Morgan fingerprint density at radius 1 is 1.19 bits per heavy atom. The van der Waals surface area contributed by atoms with Crippen molar-refractivity contribution in [2.75, 3.05) is 50.1 Å². The van der Waals surface area contributed by atoms with Gasteiger partial charge in [-0.05, 0) is 36.4 Å². The first-order valence-corrected chi connectivity index (χ1v) is 12.1. The zero-order valence-electron chi connectivity index (χ0n) is 20.2. The normalized spacial score (nSPS) is 19.7. The summed E-state index contributed by atoms with van der Waals surface area (Å²) in [6, 6.07) is 10.9.